The summed E-state index contributed by atoms with van der Waals surface area (Å²) < 4.78 is 29.1. The van der Waals surface area contributed by atoms with E-state index in [4.69, 9.17) is 9.88 Å². The molecule has 192 valence electrons. The molecule has 37 heavy (non-hydrogen) atoms. The number of carbonyl (C=O) groups is 2. The first kappa shape index (κ1) is 24.8. The summed E-state index contributed by atoms with van der Waals surface area (Å²) in [7, 11) is -3.74. The van der Waals surface area contributed by atoms with Gasteiger partial charge in [0, 0.05) is 24.1 Å². The van der Waals surface area contributed by atoms with Gasteiger partial charge in [-0.25, -0.2) is 18.4 Å². The van der Waals surface area contributed by atoms with Crippen molar-refractivity contribution in [1.82, 2.24) is 10.6 Å². The molecule has 0 aromatic heterocycles. The maximum Gasteiger partial charge on any atom is 0.325 e. The molecule has 1 saturated heterocycles. The molecule has 4 N–H and O–H groups in total. The average molecular weight is 521 g/mol. The standard InChI is InChI=1S/C27H28N4O5S/c1-17-6-11-24-22(14-17)23-16-27(2,36-24)31(26(33)30-23)20-5-3-4-19(15-20)25(32)29-13-12-18-7-9-21(10-8-18)37(28,34)35/h3-11,14-15,23H,12-13,16H2,1-2H3,(H,29,32)(H,30,33)(H2,28,34,35). The number of benzene rings is 3. The van der Waals surface area contributed by atoms with Crippen molar-refractivity contribution in [3.8, 4) is 5.75 Å². The van der Waals surface area contributed by atoms with Gasteiger partial charge in [0.1, 0.15) is 5.75 Å². The SMILES string of the molecule is Cc1ccc2c(c1)C1CC(C)(O2)N(c2cccc(C(=O)NCCc3ccc(S(N)(=O)=O)cc3)c2)C(=O)N1. The minimum atomic E-state index is -3.74. The maximum atomic E-state index is 13.2. The summed E-state index contributed by atoms with van der Waals surface area (Å²) in [6.07, 6.45) is 1.08. The fourth-order valence-electron chi connectivity index (χ4n) is 4.94. The number of urea groups is 1. The summed E-state index contributed by atoms with van der Waals surface area (Å²) >= 11 is 0. The van der Waals surface area contributed by atoms with Gasteiger partial charge in [-0.1, -0.05) is 35.9 Å². The highest BCUT2D eigenvalue weighted by molar-refractivity contribution is 7.89. The first-order valence-electron chi connectivity index (χ1n) is 11.9. The third-order valence-electron chi connectivity index (χ3n) is 6.74. The van der Waals surface area contributed by atoms with E-state index in [1.54, 1.807) is 41.3 Å². The van der Waals surface area contributed by atoms with Crippen molar-refractivity contribution in [3.05, 3.63) is 89.0 Å². The molecule has 2 aliphatic rings. The highest BCUT2D eigenvalue weighted by Gasteiger charge is 2.49. The first-order valence-corrected chi connectivity index (χ1v) is 13.5. The normalized spacial score (nSPS) is 20.5. The molecular weight excluding hydrogens is 492 g/mol. The number of nitrogens with two attached hydrogens (primary N) is 1. The number of primary sulfonamides is 1. The van der Waals surface area contributed by atoms with E-state index >= 15 is 0 Å². The molecule has 3 aromatic rings. The molecule has 0 radical (unpaired) electrons. The van der Waals surface area contributed by atoms with Crippen molar-refractivity contribution in [1.29, 1.82) is 0 Å². The summed E-state index contributed by atoms with van der Waals surface area (Å²) in [5.41, 5.74) is 2.99. The number of sulfonamides is 1. The Bertz CT molecular complexity index is 1490. The van der Waals surface area contributed by atoms with Gasteiger partial charge < -0.3 is 15.4 Å². The van der Waals surface area contributed by atoms with Gasteiger partial charge in [0.05, 0.1) is 16.6 Å². The molecule has 2 atom stereocenters. The third-order valence-corrected chi connectivity index (χ3v) is 7.67. The Morgan fingerprint density at radius 3 is 2.65 bits per heavy atom. The van der Waals surface area contributed by atoms with Gasteiger partial charge in [-0.3, -0.25) is 9.69 Å². The highest BCUT2D eigenvalue weighted by Crippen LogP contribution is 2.45. The first-order chi connectivity index (χ1) is 17.5. The fraction of sp³-hybridized carbons (Fsp3) is 0.259. The van der Waals surface area contributed by atoms with Crippen LogP contribution in [0, 0.1) is 6.92 Å². The molecule has 5 rings (SSSR count). The predicted molar refractivity (Wildman–Crippen MR) is 139 cm³/mol. The lowest BCUT2D eigenvalue weighted by Crippen LogP contribution is -2.65. The van der Waals surface area contributed by atoms with Gasteiger partial charge in [0.2, 0.25) is 10.0 Å². The number of amides is 3. The quantitative estimate of drug-likeness (QED) is 0.459. The zero-order valence-electron chi connectivity index (χ0n) is 20.5. The number of hydrogen-bond donors (Lipinski definition) is 3. The summed E-state index contributed by atoms with van der Waals surface area (Å²) in [4.78, 5) is 27.7. The molecule has 0 spiro atoms. The Morgan fingerprint density at radius 1 is 1.16 bits per heavy atom. The molecule has 9 nitrogen and oxygen atoms in total. The van der Waals surface area contributed by atoms with Crippen molar-refractivity contribution >= 4 is 27.6 Å². The maximum absolute atomic E-state index is 13.2. The van der Waals surface area contributed by atoms with E-state index in [-0.39, 0.29) is 22.9 Å². The van der Waals surface area contributed by atoms with Gasteiger partial charge in [0.25, 0.3) is 5.91 Å². The van der Waals surface area contributed by atoms with E-state index in [0.717, 1.165) is 22.4 Å². The predicted octanol–water partition coefficient (Wildman–Crippen LogP) is 3.38. The Hall–Kier alpha value is -3.89. The fourth-order valence-corrected chi connectivity index (χ4v) is 5.45. The number of anilines is 1. The number of hydrogen-bond acceptors (Lipinski definition) is 5. The number of aryl methyl sites for hydroxylation is 1. The Labute approximate surface area is 215 Å². The van der Waals surface area contributed by atoms with Crippen LogP contribution in [0.3, 0.4) is 0 Å². The lowest BCUT2D eigenvalue weighted by molar-refractivity contribution is 0.0378. The Kier molecular flexibility index (Phi) is 6.17. The minimum absolute atomic E-state index is 0.0411. The number of nitrogens with one attached hydrogen (secondary N) is 2. The van der Waals surface area contributed by atoms with Gasteiger partial charge in [-0.2, -0.15) is 0 Å². The van der Waals surface area contributed by atoms with E-state index in [9.17, 15) is 18.0 Å². The van der Waals surface area contributed by atoms with Gasteiger partial charge in [0.15, 0.2) is 5.72 Å². The van der Waals surface area contributed by atoms with Crippen LogP contribution in [0.5, 0.6) is 5.75 Å². The van der Waals surface area contributed by atoms with Crippen LogP contribution < -0.4 is 25.4 Å². The highest BCUT2D eigenvalue weighted by atomic mass is 32.2. The molecule has 2 heterocycles. The third kappa shape index (κ3) is 4.90. The molecular formula is C27H28N4O5S. The second kappa shape index (κ2) is 9.20. The van der Waals surface area contributed by atoms with Crippen molar-refractivity contribution in [2.45, 2.75) is 43.4 Å². The van der Waals surface area contributed by atoms with Crippen molar-refractivity contribution < 1.29 is 22.7 Å². The second-order valence-corrected chi connectivity index (χ2v) is 11.2. The van der Waals surface area contributed by atoms with Crippen LogP contribution in [-0.4, -0.2) is 32.6 Å². The molecule has 0 aliphatic carbocycles. The van der Waals surface area contributed by atoms with E-state index in [1.165, 1.54) is 12.1 Å². The van der Waals surface area contributed by atoms with Crippen LogP contribution in [0.1, 0.15) is 46.4 Å². The Morgan fingerprint density at radius 2 is 1.92 bits per heavy atom. The number of ether oxygens (including phenoxy) is 1. The van der Waals surface area contributed by atoms with E-state index < -0.39 is 15.7 Å². The van der Waals surface area contributed by atoms with Crippen LogP contribution in [0.2, 0.25) is 0 Å². The molecule has 2 aliphatic heterocycles. The number of carbonyl (C=O) groups excluding carboxylic acids is 2. The number of rotatable bonds is 6. The van der Waals surface area contributed by atoms with Crippen molar-refractivity contribution in [2.75, 3.05) is 11.4 Å². The van der Waals surface area contributed by atoms with Crippen LogP contribution in [-0.2, 0) is 16.4 Å². The summed E-state index contributed by atoms with van der Waals surface area (Å²) in [5.74, 6) is 0.453. The van der Waals surface area contributed by atoms with Gasteiger partial charge in [-0.15, -0.1) is 0 Å². The van der Waals surface area contributed by atoms with Crippen molar-refractivity contribution in [3.63, 3.8) is 0 Å². The van der Waals surface area contributed by atoms with Crippen LogP contribution >= 0.6 is 0 Å². The van der Waals surface area contributed by atoms with Crippen LogP contribution in [0.25, 0.3) is 0 Å². The van der Waals surface area contributed by atoms with E-state index in [1.807, 2.05) is 32.0 Å². The molecule has 1 fully saturated rings. The minimum Gasteiger partial charge on any atom is -0.467 e. The average Bonchev–Trinajstić information content (AvgIpc) is 2.84. The lowest BCUT2D eigenvalue weighted by atomic mass is 9.89. The van der Waals surface area contributed by atoms with E-state index in [0.29, 0.717) is 30.6 Å². The van der Waals surface area contributed by atoms with E-state index in [2.05, 4.69) is 10.6 Å². The zero-order valence-corrected chi connectivity index (χ0v) is 21.3. The summed E-state index contributed by atoms with van der Waals surface area (Å²) in [6.45, 7) is 4.24. The lowest BCUT2D eigenvalue weighted by Gasteiger charge is -2.50. The molecule has 3 amide bonds. The largest absolute Gasteiger partial charge is 0.467 e. The summed E-state index contributed by atoms with van der Waals surface area (Å²) in [5, 5.41) is 11.1. The monoisotopic (exact) mass is 520 g/mol. The zero-order chi connectivity index (χ0) is 26.4. The van der Waals surface area contributed by atoms with Crippen molar-refractivity contribution in [2.24, 2.45) is 5.14 Å². The summed E-state index contributed by atoms with van der Waals surface area (Å²) in [6, 6.07) is 18.6. The topological polar surface area (TPSA) is 131 Å². The molecule has 10 heteroatoms. The van der Waals surface area contributed by atoms with Gasteiger partial charge in [-0.05, 0) is 62.2 Å². The van der Waals surface area contributed by atoms with Crippen LogP contribution in [0.15, 0.2) is 71.6 Å². The smallest absolute Gasteiger partial charge is 0.325 e. The number of fused-ring (bicyclic) bond motifs is 4. The molecule has 2 unspecified atom stereocenters. The molecule has 0 saturated carbocycles. The number of nitrogens with zero attached hydrogens (tertiary/aromatic N) is 1. The van der Waals surface area contributed by atoms with Gasteiger partial charge >= 0.3 is 6.03 Å². The molecule has 3 aromatic carbocycles. The second-order valence-electron chi connectivity index (χ2n) is 9.61. The Balaban J connectivity index is 1.29. The molecule has 2 bridgehead atoms. The van der Waals surface area contributed by atoms with Crippen LogP contribution in [0.4, 0.5) is 10.5 Å².